The summed E-state index contributed by atoms with van der Waals surface area (Å²) in [6, 6.07) is 3.89. The monoisotopic (exact) mass is 277 g/mol. The maximum Gasteiger partial charge on any atom is 0.341 e. The molecule has 20 heavy (non-hydrogen) atoms. The van der Waals surface area contributed by atoms with E-state index in [1.165, 1.54) is 13.5 Å². The molecule has 1 saturated carbocycles. The number of aromatic nitrogens is 1. The van der Waals surface area contributed by atoms with Crippen LogP contribution in [0, 0.1) is 5.92 Å². The minimum atomic E-state index is -0.339. The molecule has 1 aliphatic carbocycles. The number of rotatable bonds is 5. The zero-order valence-electron chi connectivity index (χ0n) is 12.2. The molecule has 2 N–H and O–H groups in total. The normalized spacial score (nSPS) is 21.8. The van der Waals surface area contributed by atoms with Gasteiger partial charge in [0.2, 0.25) is 0 Å². The van der Waals surface area contributed by atoms with Gasteiger partial charge in [0.25, 0.3) is 0 Å². The van der Waals surface area contributed by atoms with Gasteiger partial charge in [-0.25, -0.2) is 9.78 Å². The highest BCUT2D eigenvalue weighted by Crippen LogP contribution is 2.33. The van der Waals surface area contributed by atoms with Gasteiger partial charge in [0.05, 0.1) is 7.11 Å². The first-order valence-corrected chi connectivity index (χ1v) is 7.23. The van der Waals surface area contributed by atoms with Gasteiger partial charge in [-0.3, -0.25) is 0 Å². The number of nitrogens with zero attached hydrogens (tertiary/aromatic N) is 2. The molecule has 1 aromatic rings. The van der Waals surface area contributed by atoms with Crippen LogP contribution in [0.1, 0.15) is 36.5 Å². The molecule has 110 valence electrons. The van der Waals surface area contributed by atoms with E-state index >= 15 is 0 Å². The quantitative estimate of drug-likeness (QED) is 0.831. The van der Waals surface area contributed by atoms with Crippen LogP contribution in [0.3, 0.4) is 0 Å². The Kier molecular flexibility index (Phi) is 4.95. The van der Waals surface area contributed by atoms with Gasteiger partial charge in [-0.05, 0) is 44.4 Å². The largest absolute Gasteiger partial charge is 0.465 e. The first-order chi connectivity index (χ1) is 9.72. The van der Waals surface area contributed by atoms with Crippen molar-refractivity contribution in [3.8, 4) is 0 Å². The number of esters is 1. The number of hydrogen-bond donors (Lipinski definition) is 1. The van der Waals surface area contributed by atoms with Gasteiger partial charge in [-0.15, -0.1) is 0 Å². The minimum Gasteiger partial charge on any atom is -0.465 e. The Labute approximate surface area is 120 Å². The number of carbonyl (C=O) groups excluding carboxylic acids is 1. The first kappa shape index (κ1) is 14.8. The van der Waals surface area contributed by atoms with E-state index in [-0.39, 0.29) is 5.97 Å². The highest BCUT2D eigenvalue weighted by molar-refractivity contribution is 5.94. The topological polar surface area (TPSA) is 68.5 Å². The predicted molar refractivity (Wildman–Crippen MR) is 78.8 cm³/mol. The Bertz CT molecular complexity index is 464. The summed E-state index contributed by atoms with van der Waals surface area (Å²) in [6.45, 7) is 3.57. The van der Waals surface area contributed by atoms with Crippen molar-refractivity contribution in [1.29, 1.82) is 0 Å². The van der Waals surface area contributed by atoms with E-state index < -0.39 is 0 Å². The molecule has 5 heteroatoms. The van der Waals surface area contributed by atoms with E-state index in [9.17, 15) is 4.79 Å². The number of methoxy groups -OCH3 is 1. The standard InChI is InChI=1S/C15H23N3O2/c1-3-18(13-8-4-6-11(13)10-16)14-12(15(19)20-2)7-5-9-17-14/h5,7,9,11,13H,3-4,6,8,10,16H2,1-2H3. The molecule has 5 nitrogen and oxygen atoms in total. The third-order valence-electron chi connectivity index (χ3n) is 4.13. The lowest BCUT2D eigenvalue weighted by atomic mass is 10.0. The molecule has 1 aromatic heterocycles. The van der Waals surface area contributed by atoms with Crippen LogP contribution in [0.25, 0.3) is 0 Å². The zero-order chi connectivity index (χ0) is 14.5. The lowest BCUT2D eigenvalue weighted by Gasteiger charge is -2.33. The molecule has 1 fully saturated rings. The van der Waals surface area contributed by atoms with Gasteiger partial charge in [0, 0.05) is 18.8 Å². The maximum absolute atomic E-state index is 11.9. The molecule has 0 aliphatic heterocycles. The summed E-state index contributed by atoms with van der Waals surface area (Å²) in [5.74, 6) is 0.850. The summed E-state index contributed by atoms with van der Waals surface area (Å²) in [4.78, 5) is 18.5. The van der Waals surface area contributed by atoms with Crippen LogP contribution < -0.4 is 10.6 Å². The van der Waals surface area contributed by atoms with Crippen LogP contribution in [0.4, 0.5) is 5.82 Å². The lowest BCUT2D eigenvalue weighted by Crippen LogP contribution is -2.41. The molecule has 1 heterocycles. The van der Waals surface area contributed by atoms with Crippen molar-refractivity contribution in [1.82, 2.24) is 4.98 Å². The Hall–Kier alpha value is -1.62. The molecule has 1 aliphatic rings. The third kappa shape index (κ3) is 2.77. The zero-order valence-corrected chi connectivity index (χ0v) is 12.2. The van der Waals surface area contributed by atoms with Gasteiger partial charge < -0.3 is 15.4 Å². The second-order valence-corrected chi connectivity index (χ2v) is 5.15. The summed E-state index contributed by atoms with van der Waals surface area (Å²) in [5, 5.41) is 0. The van der Waals surface area contributed by atoms with Gasteiger partial charge in [-0.1, -0.05) is 6.42 Å². The molecular weight excluding hydrogens is 254 g/mol. The molecule has 0 aromatic carbocycles. The fourth-order valence-electron chi connectivity index (χ4n) is 3.14. The SMILES string of the molecule is CCN(c1ncccc1C(=O)OC)C1CCCC1CN. The average molecular weight is 277 g/mol. The van der Waals surface area contributed by atoms with Crippen molar-refractivity contribution in [2.75, 3.05) is 25.1 Å². The van der Waals surface area contributed by atoms with E-state index in [1.807, 2.05) is 0 Å². The van der Waals surface area contributed by atoms with Crippen molar-refractivity contribution >= 4 is 11.8 Å². The molecule has 0 radical (unpaired) electrons. The van der Waals surface area contributed by atoms with Gasteiger partial charge >= 0.3 is 5.97 Å². The van der Waals surface area contributed by atoms with E-state index in [4.69, 9.17) is 10.5 Å². The summed E-state index contributed by atoms with van der Waals surface area (Å²) in [6.07, 6.45) is 5.16. The van der Waals surface area contributed by atoms with Crippen molar-refractivity contribution in [3.63, 3.8) is 0 Å². The number of anilines is 1. The van der Waals surface area contributed by atoms with Crippen LogP contribution in [-0.4, -0.2) is 37.2 Å². The molecule has 2 atom stereocenters. The van der Waals surface area contributed by atoms with Crippen LogP contribution in [0.2, 0.25) is 0 Å². The minimum absolute atomic E-state index is 0.339. The molecular formula is C15H23N3O2. The van der Waals surface area contributed by atoms with Crippen molar-refractivity contribution < 1.29 is 9.53 Å². The number of hydrogen-bond acceptors (Lipinski definition) is 5. The molecule has 0 amide bonds. The molecule has 0 spiro atoms. The highest BCUT2D eigenvalue weighted by atomic mass is 16.5. The summed E-state index contributed by atoms with van der Waals surface area (Å²) >= 11 is 0. The lowest BCUT2D eigenvalue weighted by molar-refractivity contribution is 0.0601. The summed E-state index contributed by atoms with van der Waals surface area (Å²) in [5.41, 5.74) is 6.41. The maximum atomic E-state index is 11.9. The summed E-state index contributed by atoms with van der Waals surface area (Å²) in [7, 11) is 1.40. The van der Waals surface area contributed by atoms with Gasteiger partial charge in [-0.2, -0.15) is 0 Å². The predicted octanol–water partition coefficient (Wildman–Crippen LogP) is 1.82. The molecule has 0 saturated heterocycles. The van der Waals surface area contributed by atoms with Crippen LogP contribution in [0.15, 0.2) is 18.3 Å². The van der Waals surface area contributed by atoms with E-state index in [2.05, 4.69) is 16.8 Å². The van der Waals surface area contributed by atoms with Crippen molar-refractivity contribution in [2.24, 2.45) is 11.7 Å². The van der Waals surface area contributed by atoms with Gasteiger partial charge in [0.1, 0.15) is 11.4 Å². The van der Waals surface area contributed by atoms with Crippen LogP contribution in [0.5, 0.6) is 0 Å². The van der Waals surface area contributed by atoms with Crippen LogP contribution in [-0.2, 0) is 4.74 Å². The number of pyridine rings is 1. The number of nitrogens with two attached hydrogens (primary N) is 1. The third-order valence-corrected chi connectivity index (χ3v) is 4.13. The van der Waals surface area contributed by atoms with E-state index in [0.717, 1.165) is 19.4 Å². The second kappa shape index (κ2) is 6.70. The van der Waals surface area contributed by atoms with Gasteiger partial charge in [0.15, 0.2) is 0 Å². The smallest absolute Gasteiger partial charge is 0.341 e. The Morgan fingerprint density at radius 3 is 3.00 bits per heavy atom. The Morgan fingerprint density at radius 2 is 2.35 bits per heavy atom. The van der Waals surface area contributed by atoms with Crippen molar-refractivity contribution in [3.05, 3.63) is 23.9 Å². The highest BCUT2D eigenvalue weighted by Gasteiger charge is 2.32. The number of ether oxygens (including phenoxy) is 1. The summed E-state index contributed by atoms with van der Waals surface area (Å²) < 4.78 is 4.86. The van der Waals surface area contributed by atoms with E-state index in [0.29, 0.717) is 29.9 Å². The fourth-order valence-corrected chi connectivity index (χ4v) is 3.14. The van der Waals surface area contributed by atoms with Crippen molar-refractivity contribution in [2.45, 2.75) is 32.2 Å². The first-order valence-electron chi connectivity index (χ1n) is 7.23. The number of carbonyl (C=O) groups is 1. The Balaban J connectivity index is 2.34. The molecule has 2 rings (SSSR count). The second-order valence-electron chi connectivity index (χ2n) is 5.15. The Morgan fingerprint density at radius 1 is 1.55 bits per heavy atom. The molecule has 2 unspecified atom stereocenters. The van der Waals surface area contributed by atoms with Crippen LogP contribution >= 0.6 is 0 Å². The molecule has 0 bridgehead atoms. The van der Waals surface area contributed by atoms with E-state index in [1.54, 1.807) is 18.3 Å². The average Bonchev–Trinajstić information content (AvgIpc) is 2.96. The fraction of sp³-hybridized carbons (Fsp3) is 0.600.